The maximum Gasteiger partial charge on any atom is 0.225 e. The van der Waals surface area contributed by atoms with E-state index in [2.05, 4.69) is 4.98 Å². The smallest absolute Gasteiger partial charge is 0.225 e. The number of hydrogen-bond acceptors (Lipinski definition) is 4. The van der Waals surface area contributed by atoms with Crippen LogP contribution in [0.4, 0.5) is 0 Å². The first kappa shape index (κ1) is 18.3. The highest BCUT2D eigenvalue weighted by Gasteiger charge is 2.37. The van der Waals surface area contributed by atoms with Crippen molar-refractivity contribution in [3.05, 3.63) is 30.1 Å². The predicted molar refractivity (Wildman–Crippen MR) is 96.2 cm³/mol. The van der Waals surface area contributed by atoms with Crippen LogP contribution in [0.2, 0.25) is 0 Å². The number of likely N-dealkylation sites (tertiary alicyclic amines) is 1. The molecule has 7 heteroatoms. The Balaban J connectivity index is 1.65. The van der Waals surface area contributed by atoms with Gasteiger partial charge in [-0.25, -0.2) is 8.42 Å². The fourth-order valence-corrected chi connectivity index (χ4v) is 5.53. The zero-order valence-electron chi connectivity index (χ0n) is 14.8. The summed E-state index contributed by atoms with van der Waals surface area (Å²) in [4.78, 5) is 18.6. The molecule has 0 bridgehead atoms. The first-order chi connectivity index (χ1) is 12.0. The molecule has 1 aromatic rings. The molecule has 1 amide bonds. The normalized spacial score (nSPS) is 22.5. The molecule has 1 aromatic heterocycles. The monoisotopic (exact) mass is 365 g/mol. The lowest BCUT2D eigenvalue weighted by Crippen LogP contribution is -2.49. The number of rotatable bonds is 5. The van der Waals surface area contributed by atoms with Crippen molar-refractivity contribution in [2.45, 2.75) is 50.3 Å². The van der Waals surface area contributed by atoms with Gasteiger partial charge in [-0.1, -0.05) is 18.9 Å². The summed E-state index contributed by atoms with van der Waals surface area (Å²) in [6, 6.07) is 5.49. The van der Waals surface area contributed by atoms with E-state index < -0.39 is 15.3 Å². The molecule has 0 N–H and O–H groups in total. The summed E-state index contributed by atoms with van der Waals surface area (Å²) in [5, 5.41) is -0.514. The van der Waals surface area contributed by atoms with Crippen molar-refractivity contribution < 1.29 is 13.2 Å². The van der Waals surface area contributed by atoms with Crippen molar-refractivity contribution in [2.24, 2.45) is 5.92 Å². The number of piperidine rings is 1. The molecule has 138 valence electrons. The third-order valence-corrected chi connectivity index (χ3v) is 7.59. The summed E-state index contributed by atoms with van der Waals surface area (Å²) in [6.45, 7) is 1.27. The second-order valence-electron chi connectivity index (χ2n) is 7.15. The summed E-state index contributed by atoms with van der Waals surface area (Å²) in [6.07, 6.45) is 7.15. The molecule has 3 rings (SSSR count). The van der Waals surface area contributed by atoms with Crippen molar-refractivity contribution >= 4 is 15.9 Å². The van der Waals surface area contributed by atoms with Crippen LogP contribution >= 0.6 is 0 Å². The molecule has 2 heterocycles. The molecule has 25 heavy (non-hydrogen) atoms. The lowest BCUT2D eigenvalue weighted by molar-refractivity contribution is -0.136. The number of carbonyl (C=O) groups excluding carboxylic acids is 1. The van der Waals surface area contributed by atoms with Crippen molar-refractivity contribution in [3.8, 4) is 0 Å². The van der Waals surface area contributed by atoms with E-state index in [9.17, 15) is 13.2 Å². The fourth-order valence-electron chi connectivity index (χ4n) is 3.88. The van der Waals surface area contributed by atoms with E-state index in [1.807, 2.05) is 18.2 Å². The Morgan fingerprint density at radius 1 is 1.24 bits per heavy atom. The van der Waals surface area contributed by atoms with Gasteiger partial charge in [-0.05, 0) is 37.8 Å². The van der Waals surface area contributed by atoms with Crippen LogP contribution in [0.1, 0.15) is 44.2 Å². The molecular formula is C18H27N3O3S. The van der Waals surface area contributed by atoms with E-state index in [0.29, 0.717) is 19.5 Å². The van der Waals surface area contributed by atoms with Crippen molar-refractivity contribution in [1.82, 2.24) is 14.2 Å². The Bertz CT molecular complexity index is 687. The van der Waals surface area contributed by atoms with Gasteiger partial charge in [0.15, 0.2) is 0 Å². The number of pyridine rings is 1. The van der Waals surface area contributed by atoms with Crippen LogP contribution in [0, 0.1) is 5.92 Å². The number of hydrogen-bond donors (Lipinski definition) is 0. The average molecular weight is 365 g/mol. The van der Waals surface area contributed by atoms with E-state index in [4.69, 9.17) is 0 Å². The molecule has 1 aliphatic carbocycles. The summed E-state index contributed by atoms with van der Waals surface area (Å²) in [5.41, 5.74) is 0.725. The maximum absolute atomic E-state index is 12.9. The largest absolute Gasteiger partial charge is 0.341 e. The van der Waals surface area contributed by atoms with E-state index in [0.717, 1.165) is 37.8 Å². The van der Waals surface area contributed by atoms with Gasteiger partial charge < -0.3 is 4.90 Å². The van der Waals surface area contributed by atoms with Gasteiger partial charge in [0.2, 0.25) is 15.9 Å². The number of aromatic nitrogens is 1. The lowest BCUT2D eigenvalue weighted by Gasteiger charge is -2.35. The van der Waals surface area contributed by atoms with Crippen molar-refractivity contribution in [1.29, 1.82) is 0 Å². The molecule has 6 nitrogen and oxygen atoms in total. The third-order valence-electron chi connectivity index (χ3n) is 5.36. The average Bonchev–Trinajstić information content (AvgIpc) is 3.16. The number of amides is 1. The van der Waals surface area contributed by atoms with Gasteiger partial charge in [-0.15, -0.1) is 0 Å². The number of nitrogens with zero attached hydrogens (tertiary/aromatic N) is 3. The minimum absolute atomic E-state index is 0.104. The highest BCUT2D eigenvalue weighted by molar-refractivity contribution is 7.89. The zero-order valence-corrected chi connectivity index (χ0v) is 15.6. The Kier molecular flexibility index (Phi) is 5.74. The SMILES string of the molecule is CN(Cc1ccccn1)S(=O)(=O)[C@@H]1CCCN(C(=O)C2CCCC2)C1. The second kappa shape index (κ2) is 7.83. The fraction of sp³-hybridized carbons (Fsp3) is 0.667. The van der Waals surface area contributed by atoms with Crippen LogP contribution in [0.5, 0.6) is 0 Å². The van der Waals surface area contributed by atoms with E-state index in [1.165, 1.54) is 4.31 Å². The summed E-state index contributed by atoms with van der Waals surface area (Å²) in [5.74, 6) is 0.262. The van der Waals surface area contributed by atoms with Crippen LogP contribution in [-0.4, -0.2) is 53.9 Å². The first-order valence-corrected chi connectivity index (χ1v) is 10.6. The van der Waals surface area contributed by atoms with Gasteiger partial charge in [-0.3, -0.25) is 9.78 Å². The Morgan fingerprint density at radius 2 is 2.00 bits per heavy atom. The minimum Gasteiger partial charge on any atom is -0.341 e. The topological polar surface area (TPSA) is 70.6 Å². The molecule has 1 saturated carbocycles. The molecule has 1 saturated heterocycles. The van der Waals surface area contributed by atoms with Crippen LogP contribution in [-0.2, 0) is 21.4 Å². The van der Waals surface area contributed by atoms with E-state index in [1.54, 1.807) is 18.1 Å². The minimum atomic E-state index is -3.45. The van der Waals surface area contributed by atoms with Crippen LogP contribution in [0.3, 0.4) is 0 Å². The summed E-state index contributed by atoms with van der Waals surface area (Å²) >= 11 is 0. The molecule has 2 fully saturated rings. The molecule has 2 aliphatic rings. The third kappa shape index (κ3) is 4.20. The summed E-state index contributed by atoms with van der Waals surface area (Å²) < 4.78 is 27.3. The molecular weight excluding hydrogens is 338 g/mol. The number of carbonyl (C=O) groups is 1. The lowest BCUT2D eigenvalue weighted by atomic mass is 10.0. The molecule has 1 aliphatic heterocycles. The highest BCUT2D eigenvalue weighted by Crippen LogP contribution is 2.29. The summed E-state index contributed by atoms with van der Waals surface area (Å²) in [7, 11) is -1.85. The van der Waals surface area contributed by atoms with Gasteiger partial charge in [-0.2, -0.15) is 4.31 Å². The zero-order chi connectivity index (χ0) is 17.9. The van der Waals surface area contributed by atoms with Crippen molar-refractivity contribution in [2.75, 3.05) is 20.1 Å². The Labute approximate surface area is 150 Å². The standard InChI is InChI=1S/C18H27N3O3S/c1-20(13-16-9-4-5-11-19-16)25(23,24)17-10-6-12-21(14-17)18(22)15-7-2-3-8-15/h4-5,9,11,15,17H,2-3,6-8,10,12-14H2,1H3/t17-/m1/s1. The van der Waals surface area contributed by atoms with E-state index in [-0.39, 0.29) is 18.4 Å². The number of sulfonamides is 1. The quantitative estimate of drug-likeness (QED) is 0.800. The van der Waals surface area contributed by atoms with Gasteiger partial charge in [0, 0.05) is 32.3 Å². The van der Waals surface area contributed by atoms with Crippen LogP contribution < -0.4 is 0 Å². The van der Waals surface area contributed by atoms with Crippen LogP contribution in [0.25, 0.3) is 0 Å². The van der Waals surface area contributed by atoms with Gasteiger partial charge in [0.25, 0.3) is 0 Å². The second-order valence-corrected chi connectivity index (χ2v) is 9.47. The molecule has 0 radical (unpaired) electrons. The van der Waals surface area contributed by atoms with Crippen LogP contribution in [0.15, 0.2) is 24.4 Å². The van der Waals surface area contributed by atoms with Crippen molar-refractivity contribution in [3.63, 3.8) is 0 Å². The Morgan fingerprint density at radius 3 is 2.68 bits per heavy atom. The van der Waals surface area contributed by atoms with Gasteiger partial charge in [0.05, 0.1) is 17.5 Å². The maximum atomic E-state index is 12.9. The van der Waals surface area contributed by atoms with Gasteiger partial charge >= 0.3 is 0 Å². The Hall–Kier alpha value is -1.47. The highest BCUT2D eigenvalue weighted by atomic mass is 32.2. The molecule has 0 spiro atoms. The molecule has 0 aromatic carbocycles. The first-order valence-electron chi connectivity index (χ1n) is 9.12. The van der Waals surface area contributed by atoms with E-state index >= 15 is 0 Å². The molecule has 0 unspecified atom stereocenters. The van der Waals surface area contributed by atoms with Gasteiger partial charge in [0.1, 0.15) is 0 Å². The molecule has 1 atom stereocenters. The predicted octanol–water partition coefficient (Wildman–Crippen LogP) is 2.02.